The van der Waals surface area contributed by atoms with Crippen molar-refractivity contribution in [1.82, 2.24) is 0 Å². The molecule has 0 amide bonds. The maximum absolute atomic E-state index is 7.41. The minimum atomic E-state index is -0.0261. The summed E-state index contributed by atoms with van der Waals surface area (Å²) in [5.41, 5.74) is 17.6. The molecule has 3 nitrogen and oxygen atoms in total. The van der Waals surface area contributed by atoms with Crippen LogP contribution in [0, 0.1) is 55.4 Å². The summed E-state index contributed by atoms with van der Waals surface area (Å²) < 4.78 is 7.41. The Bertz CT molecular complexity index is 2110. The molecule has 0 atom stereocenters. The maximum Gasteiger partial charge on any atom is 0.143 e. The number of nitrogens with zero attached hydrogens (tertiary/aromatic N) is 1. The molecule has 1 N–H and O–H groups in total. The number of benzene rings is 4. The standard InChI is InChI=1S/C40H48N2O/c1-18-20(3)31-27-14-16-39(10,11)41-35(27)24(7)22(5)33(31)37-29(18)26(9)30-19(2)21(4)32-28-15-17-40(12,13)42-36(28)25(8)23(6)34(32)38(30)43-37/h41H,14-17H2,1-13H3. The summed E-state index contributed by atoms with van der Waals surface area (Å²) >= 11 is 0. The van der Waals surface area contributed by atoms with Crippen molar-refractivity contribution in [2.24, 2.45) is 4.99 Å². The monoisotopic (exact) mass is 572 g/mol. The number of rotatable bonds is 0. The van der Waals surface area contributed by atoms with Crippen molar-refractivity contribution >= 4 is 32.8 Å². The molecule has 0 spiro atoms. The van der Waals surface area contributed by atoms with Gasteiger partial charge in [-0.2, -0.15) is 0 Å². The van der Waals surface area contributed by atoms with E-state index in [4.69, 9.17) is 9.73 Å². The molecule has 0 aromatic heterocycles. The van der Waals surface area contributed by atoms with Crippen LogP contribution in [-0.2, 0) is 12.8 Å². The second-order valence-corrected chi connectivity index (χ2v) is 15.2. The van der Waals surface area contributed by atoms with Gasteiger partial charge >= 0.3 is 0 Å². The van der Waals surface area contributed by atoms with Crippen molar-refractivity contribution in [3.63, 3.8) is 0 Å². The SMILES string of the molecule is CC1=c2c(C)c(C)c3c4c(c(C)c(C)c3c2Oc2c1c(C)c(C)c1c3c(c(C)c(C)c21)NC(C)(C)CC3)=NC(C)(C)CC4. The van der Waals surface area contributed by atoms with E-state index in [1.165, 1.54) is 105 Å². The zero-order chi connectivity index (χ0) is 31.1. The Morgan fingerprint density at radius 2 is 1.14 bits per heavy atom. The molecule has 3 aliphatic rings. The Morgan fingerprint density at radius 3 is 1.84 bits per heavy atom. The lowest BCUT2D eigenvalue weighted by Gasteiger charge is -2.37. The molecule has 3 heteroatoms. The van der Waals surface area contributed by atoms with Gasteiger partial charge in [-0.15, -0.1) is 0 Å². The number of nitrogens with one attached hydrogen (secondary N) is 1. The maximum atomic E-state index is 7.41. The fraction of sp³-hybridized carbons (Fsp3) is 0.475. The molecule has 3 heterocycles. The van der Waals surface area contributed by atoms with E-state index >= 15 is 0 Å². The van der Waals surface area contributed by atoms with Crippen molar-refractivity contribution in [2.45, 2.75) is 127 Å². The average Bonchev–Trinajstić information content (AvgIpc) is 2.93. The molecule has 0 saturated heterocycles. The van der Waals surface area contributed by atoms with Gasteiger partial charge in [0, 0.05) is 32.8 Å². The number of anilines is 1. The third kappa shape index (κ3) is 3.69. The fourth-order valence-electron chi connectivity index (χ4n) is 8.62. The molecule has 0 aliphatic carbocycles. The topological polar surface area (TPSA) is 33.6 Å². The van der Waals surface area contributed by atoms with Crippen LogP contribution in [0.2, 0.25) is 0 Å². The molecule has 3 aliphatic heterocycles. The van der Waals surface area contributed by atoms with E-state index in [9.17, 15) is 0 Å². The second-order valence-electron chi connectivity index (χ2n) is 15.2. The van der Waals surface area contributed by atoms with E-state index in [1.54, 1.807) is 0 Å². The zero-order valence-electron chi connectivity index (χ0n) is 28.7. The summed E-state index contributed by atoms with van der Waals surface area (Å²) in [6, 6.07) is 0. The van der Waals surface area contributed by atoms with E-state index < -0.39 is 0 Å². The molecule has 224 valence electrons. The molecule has 4 aromatic carbocycles. The van der Waals surface area contributed by atoms with E-state index in [0.717, 1.165) is 37.2 Å². The first kappa shape index (κ1) is 28.4. The zero-order valence-corrected chi connectivity index (χ0v) is 28.7. The first-order valence-corrected chi connectivity index (χ1v) is 16.3. The summed E-state index contributed by atoms with van der Waals surface area (Å²) in [7, 11) is 0. The highest BCUT2D eigenvalue weighted by Gasteiger charge is 2.34. The number of hydrogen-bond donors (Lipinski definition) is 1. The van der Waals surface area contributed by atoms with Crippen molar-refractivity contribution in [2.75, 3.05) is 5.32 Å². The number of fused-ring (bicyclic) bond motifs is 10. The number of aryl methyl sites for hydroxylation is 6. The molecule has 4 aromatic rings. The van der Waals surface area contributed by atoms with Crippen LogP contribution in [0.1, 0.15) is 109 Å². The van der Waals surface area contributed by atoms with Crippen LogP contribution < -0.4 is 20.6 Å². The first-order valence-electron chi connectivity index (χ1n) is 16.3. The lowest BCUT2D eigenvalue weighted by atomic mass is 9.78. The Kier molecular flexibility index (Phi) is 5.86. The Hall–Kier alpha value is -3.33. The van der Waals surface area contributed by atoms with Crippen LogP contribution in [0.25, 0.3) is 27.1 Å². The minimum Gasteiger partial charge on any atom is -0.455 e. The predicted octanol–water partition coefficient (Wildman–Crippen LogP) is 9.27. The van der Waals surface area contributed by atoms with Gasteiger partial charge in [-0.25, -0.2) is 0 Å². The van der Waals surface area contributed by atoms with Crippen LogP contribution >= 0.6 is 0 Å². The lowest BCUT2D eigenvalue weighted by molar-refractivity contribution is 0.449. The van der Waals surface area contributed by atoms with E-state index in [2.05, 4.69) is 95.3 Å². The summed E-state index contributed by atoms with van der Waals surface area (Å²) in [6.45, 7) is 30.0. The Morgan fingerprint density at radius 1 is 0.581 bits per heavy atom. The molecule has 7 rings (SSSR count). The van der Waals surface area contributed by atoms with E-state index in [1.807, 2.05) is 0 Å². The highest BCUT2D eigenvalue weighted by atomic mass is 16.5. The first-order chi connectivity index (χ1) is 20.1. The van der Waals surface area contributed by atoms with E-state index in [0.29, 0.717) is 0 Å². The summed E-state index contributed by atoms with van der Waals surface area (Å²) in [5, 5.41) is 11.8. The van der Waals surface area contributed by atoms with Crippen LogP contribution in [0.4, 0.5) is 5.69 Å². The van der Waals surface area contributed by atoms with Gasteiger partial charge in [0.15, 0.2) is 0 Å². The Balaban J connectivity index is 1.66. The largest absolute Gasteiger partial charge is 0.455 e. The van der Waals surface area contributed by atoms with Gasteiger partial charge in [-0.3, -0.25) is 4.99 Å². The molecule has 0 bridgehead atoms. The van der Waals surface area contributed by atoms with Crippen molar-refractivity contribution in [3.05, 3.63) is 71.8 Å². The van der Waals surface area contributed by atoms with Gasteiger partial charge in [0.25, 0.3) is 0 Å². The molecular weight excluding hydrogens is 524 g/mol. The molecule has 0 radical (unpaired) electrons. The lowest BCUT2D eigenvalue weighted by Crippen LogP contribution is -2.36. The molecule has 0 unspecified atom stereocenters. The summed E-state index contributed by atoms with van der Waals surface area (Å²) in [6.07, 6.45) is 4.32. The smallest absolute Gasteiger partial charge is 0.143 e. The van der Waals surface area contributed by atoms with Crippen molar-refractivity contribution < 1.29 is 4.74 Å². The minimum absolute atomic E-state index is 0.0261. The highest BCUT2D eigenvalue weighted by molar-refractivity contribution is 6.07. The third-order valence-electron chi connectivity index (χ3n) is 11.6. The van der Waals surface area contributed by atoms with Crippen LogP contribution in [0.15, 0.2) is 4.99 Å². The van der Waals surface area contributed by atoms with Crippen molar-refractivity contribution in [1.29, 1.82) is 0 Å². The summed E-state index contributed by atoms with van der Waals surface area (Å²) in [4.78, 5) is 5.30. The van der Waals surface area contributed by atoms with Gasteiger partial charge in [-0.1, -0.05) is 0 Å². The van der Waals surface area contributed by atoms with Gasteiger partial charge in [-0.05, 0) is 188 Å². The number of hydrogen-bond acceptors (Lipinski definition) is 3. The summed E-state index contributed by atoms with van der Waals surface area (Å²) in [5.74, 6) is 2.11. The predicted molar refractivity (Wildman–Crippen MR) is 183 cm³/mol. The molecular formula is C40H48N2O. The van der Waals surface area contributed by atoms with Crippen LogP contribution in [0.3, 0.4) is 0 Å². The molecule has 0 saturated carbocycles. The second kappa shape index (κ2) is 8.87. The van der Waals surface area contributed by atoms with Gasteiger partial charge in [0.1, 0.15) is 11.5 Å². The van der Waals surface area contributed by atoms with Crippen LogP contribution in [0.5, 0.6) is 11.5 Å². The highest BCUT2D eigenvalue weighted by Crippen LogP contribution is 2.51. The third-order valence-corrected chi connectivity index (χ3v) is 11.6. The Labute approximate surface area is 257 Å². The van der Waals surface area contributed by atoms with Gasteiger partial charge in [0.05, 0.1) is 10.9 Å². The normalized spacial score (nSPS) is 17.9. The molecule has 43 heavy (non-hydrogen) atoms. The van der Waals surface area contributed by atoms with Crippen LogP contribution in [-0.4, -0.2) is 11.1 Å². The van der Waals surface area contributed by atoms with E-state index in [-0.39, 0.29) is 11.1 Å². The number of ether oxygens (including phenoxy) is 1. The van der Waals surface area contributed by atoms with Gasteiger partial charge in [0.2, 0.25) is 0 Å². The fourth-order valence-corrected chi connectivity index (χ4v) is 8.62. The molecule has 0 fully saturated rings. The van der Waals surface area contributed by atoms with Gasteiger partial charge < -0.3 is 10.1 Å². The van der Waals surface area contributed by atoms with Crippen molar-refractivity contribution in [3.8, 4) is 11.5 Å². The average molecular weight is 573 g/mol. The quantitative estimate of drug-likeness (QED) is 0.228.